The second-order valence-corrected chi connectivity index (χ2v) is 6.05. The molecule has 1 rings (SSSR count). The highest BCUT2D eigenvalue weighted by atomic mass is 79.9. The van der Waals surface area contributed by atoms with Gasteiger partial charge >= 0.3 is 0 Å². The maximum Gasteiger partial charge on any atom is 0.125 e. The predicted octanol–water partition coefficient (Wildman–Crippen LogP) is 3.57. The number of thiophene rings is 1. The lowest BCUT2D eigenvalue weighted by Gasteiger charge is -2.21. The summed E-state index contributed by atoms with van der Waals surface area (Å²) in [7, 11) is 0. The Bertz CT molecular complexity index is 284. The highest BCUT2D eigenvalue weighted by molar-refractivity contribution is 9.11. The van der Waals surface area contributed by atoms with Gasteiger partial charge in [-0.1, -0.05) is 0 Å². The fourth-order valence-corrected chi connectivity index (χ4v) is 2.72. The Hall–Kier alpha value is 0.0700. The van der Waals surface area contributed by atoms with Crippen molar-refractivity contribution in [3.8, 4) is 0 Å². The molecule has 74 valence electrons. The van der Waals surface area contributed by atoms with Crippen molar-refractivity contribution in [1.82, 2.24) is 0 Å². The lowest BCUT2D eigenvalue weighted by atomic mass is 10.0. The minimum Gasteiger partial charge on any atom is -0.321 e. The van der Waals surface area contributed by atoms with Crippen LogP contribution in [0, 0.1) is 6.92 Å². The Morgan fingerprint density at radius 2 is 2.15 bits per heavy atom. The molecule has 0 aliphatic rings. The van der Waals surface area contributed by atoms with Crippen molar-refractivity contribution in [3.63, 3.8) is 0 Å². The molecular weight excluding hydrogens is 253 g/mol. The smallest absolute Gasteiger partial charge is 0.125 e. The van der Waals surface area contributed by atoms with E-state index in [2.05, 4.69) is 15.9 Å². The van der Waals surface area contributed by atoms with Crippen molar-refractivity contribution in [1.29, 1.82) is 0 Å². The van der Waals surface area contributed by atoms with E-state index in [4.69, 9.17) is 5.73 Å². The minimum absolute atomic E-state index is 0.539. The zero-order valence-corrected chi connectivity index (χ0v) is 10.3. The van der Waals surface area contributed by atoms with E-state index in [1.165, 1.54) is 25.2 Å². The highest BCUT2D eigenvalue weighted by Crippen LogP contribution is 2.35. The summed E-state index contributed by atoms with van der Waals surface area (Å²) in [6.07, 6.45) is 0. The van der Waals surface area contributed by atoms with Gasteiger partial charge in [0.05, 0.1) is 9.83 Å². The van der Waals surface area contributed by atoms with E-state index in [0.29, 0.717) is 0 Å². The van der Waals surface area contributed by atoms with Gasteiger partial charge in [0.2, 0.25) is 0 Å². The van der Waals surface area contributed by atoms with Crippen molar-refractivity contribution < 1.29 is 4.39 Å². The van der Waals surface area contributed by atoms with Crippen molar-refractivity contribution in [2.24, 2.45) is 5.73 Å². The average molecular weight is 266 g/mol. The first-order chi connectivity index (χ1) is 5.82. The van der Waals surface area contributed by atoms with Gasteiger partial charge in [0.1, 0.15) is 5.67 Å². The quantitative estimate of drug-likeness (QED) is 0.870. The fraction of sp³-hybridized carbons (Fsp3) is 0.556. The third-order valence-corrected chi connectivity index (χ3v) is 4.14. The van der Waals surface area contributed by atoms with E-state index in [1.54, 1.807) is 0 Å². The fourth-order valence-electron chi connectivity index (χ4n) is 0.975. The summed E-state index contributed by atoms with van der Waals surface area (Å²) in [4.78, 5) is 0.886. The number of alkyl halides is 1. The number of nitrogens with two attached hydrogens (primary N) is 1. The van der Waals surface area contributed by atoms with Gasteiger partial charge in [-0.2, -0.15) is 0 Å². The minimum atomic E-state index is -1.36. The Morgan fingerprint density at radius 1 is 1.62 bits per heavy atom. The summed E-state index contributed by atoms with van der Waals surface area (Å²) >= 11 is 4.89. The third kappa shape index (κ3) is 2.51. The molecule has 0 bridgehead atoms. The van der Waals surface area contributed by atoms with Crippen LogP contribution in [0.15, 0.2) is 9.85 Å². The summed E-state index contributed by atoms with van der Waals surface area (Å²) < 4.78 is 14.5. The number of hydrogen-bond donors (Lipinski definition) is 1. The van der Waals surface area contributed by atoms with E-state index in [0.717, 1.165) is 14.2 Å². The molecule has 0 fully saturated rings. The molecular formula is C9H13BrFNS. The van der Waals surface area contributed by atoms with E-state index >= 15 is 0 Å². The van der Waals surface area contributed by atoms with Gasteiger partial charge in [-0.15, -0.1) is 11.3 Å². The Morgan fingerprint density at radius 3 is 2.46 bits per heavy atom. The number of hydrogen-bond acceptors (Lipinski definition) is 2. The molecule has 1 nitrogen and oxygen atoms in total. The molecule has 1 aromatic heterocycles. The summed E-state index contributed by atoms with van der Waals surface area (Å²) in [5, 5.41) is 0. The van der Waals surface area contributed by atoms with Gasteiger partial charge < -0.3 is 5.73 Å². The van der Waals surface area contributed by atoms with Gasteiger partial charge in [0.25, 0.3) is 0 Å². The van der Waals surface area contributed by atoms with Gasteiger partial charge in [-0.05, 0) is 48.3 Å². The monoisotopic (exact) mass is 265 g/mol. The van der Waals surface area contributed by atoms with Crippen LogP contribution < -0.4 is 5.73 Å². The van der Waals surface area contributed by atoms with Crippen molar-refractivity contribution >= 4 is 27.3 Å². The molecule has 1 heterocycles. The molecule has 1 unspecified atom stereocenters. The number of halogens is 2. The van der Waals surface area contributed by atoms with Crippen molar-refractivity contribution in [2.75, 3.05) is 0 Å². The normalized spacial score (nSPS) is 14.6. The molecule has 1 aromatic rings. The van der Waals surface area contributed by atoms with Gasteiger partial charge in [0, 0.05) is 4.88 Å². The predicted molar refractivity (Wildman–Crippen MR) is 58.9 cm³/mol. The molecule has 0 amide bonds. The standard InChI is InChI=1S/C9H13BrFNS/c1-5-4-6(13-8(5)10)7(12)9(2,3)11/h4,7H,12H2,1-3H3. The number of rotatable bonds is 2. The summed E-state index contributed by atoms with van der Waals surface area (Å²) in [6, 6.07) is 1.39. The second kappa shape index (κ2) is 3.67. The van der Waals surface area contributed by atoms with Crippen LogP contribution in [-0.4, -0.2) is 5.67 Å². The van der Waals surface area contributed by atoms with Crippen LogP contribution in [0.25, 0.3) is 0 Å². The average Bonchev–Trinajstić information content (AvgIpc) is 2.29. The van der Waals surface area contributed by atoms with E-state index < -0.39 is 11.7 Å². The lowest BCUT2D eigenvalue weighted by molar-refractivity contribution is 0.176. The van der Waals surface area contributed by atoms with Crippen molar-refractivity contribution in [3.05, 3.63) is 20.3 Å². The zero-order chi connectivity index (χ0) is 10.2. The third-order valence-electron chi connectivity index (χ3n) is 1.92. The molecule has 0 radical (unpaired) electrons. The van der Waals surface area contributed by atoms with Crippen LogP contribution in [0.5, 0.6) is 0 Å². The van der Waals surface area contributed by atoms with E-state index in [1.807, 2.05) is 13.0 Å². The van der Waals surface area contributed by atoms with Crippen LogP contribution in [0.3, 0.4) is 0 Å². The SMILES string of the molecule is Cc1cc(C(N)C(C)(C)F)sc1Br. The van der Waals surface area contributed by atoms with Crippen LogP contribution in [0.1, 0.15) is 30.3 Å². The van der Waals surface area contributed by atoms with Gasteiger partial charge in [-0.25, -0.2) is 4.39 Å². The molecule has 1 atom stereocenters. The maximum absolute atomic E-state index is 13.5. The summed E-state index contributed by atoms with van der Waals surface area (Å²) in [6.45, 7) is 4.98. The first kappa shape index (κ1) is 11.1. The van der Waals surface area contributed by atoms with Crippen LogP contribution in [-0.2, 0) is 0 Å². The van der Waals surface area contributed by atoms with Crippen molar-refractivity contribution in [2.45, 2.75) is 32.5 Å². The highest BCUT2D eigenvalue weighted by Gasteiger charge is 2.28. The Balaban J connectivity index is 2.96. The summed E-state index contributed by atoms with van der Waals surface area (Å²) in [5.41, 5.74) is 5.52. The number of aryl methyl sites for hydroxylation is 1. The van der Waals surface area contributed by atoms with Crippen LogP contribution in [0.4, 0.5) is 4.39 Å². The van der Waals surface area contributed by atoms with Crippen LogP contribution in [0.2, 0.25) is 0 Å². The van der Waals surface area contributed by atoms with Gasteiger partial charge in [-0.3, -0.25) is 0 Å². The van der Waals surface area contributed by atoms with E-state index in [-0.39, 0.29) is 0 Å². The molecule has 0 aliphatic heterocycles. The second-order valence-electron chi connectivity index (χ2n) is 3.65. The maximum atomic E-state index is 13.5. The van der Waals surface area contributed by atoms with Crippen LogP contribution >= 0.6 is 27.3 Å². The topological polar surface area (TPSA) is 26.0 Å². The largest absolute Gasteiger partial charge is 0.321 e. The molecule has 2 N–H and O–H groups in total. The molecule has 0 aliphatic carbocycles. The first-order valence-corrected chi connectivity index (χ1v) is 5.63. The molecule has 0 aromatic carbocycles. The molecule has 4 heteroatoms. The molecule has 0 spiro atoms. The molecule has 0 saturated carbocycles. The first-order valence-electron chi connectivity index (χ1n) is 4.02. The Kier molecular flexibility index (Phi) is 3.15. The summed E-state index contributed by atoms with van der Waals surface area (Å²) in [5.74, 6) is 0. The lowest BCUT2D eigenvalue weighted by Crippen LogP contribution is -2.30. The van der Waals surface area contributed by atoms with Gasteiger partial charge in [0.15, 0.2) is 0 Å². The van der Waals surface area contributed by atoms with E-state index in [9.17, 15) is 4.39 Å². The zero-order valence-electron chi connectivity index (χ0n) is 7.90. The Labute approximate surface area is 90.3 Å². The molecule has 0 saturated heterocycles. The molecule has 13 heavy (non-hydrogen) atoms.